The topological polar surface area (TPSA) is 85.6 Å². The number of anilines is 1. The number of fused-ring (bicyclic) bond motifs is 1. The first-order valence-corrected chi connectivity index (χ1v) is 9.82. The monoisotopic (exact) mass is 386 g/mol. The van der Waals surface area contributed by atoms with E-state index in [-0.39, 0.29) is 11.5 Å². The van der Waals surface area contributed by atoms with E-state index in [1.807, 2.05) is 26.0 Å². The van der Waals surface area contributed by atoms with Crippen molar-refractivity contribution in [2.45, 2.75) is 39.7 Å². The molecule has 0 unspecified atom stereocenters. The molecule has 27 heavy (non-hydrogen) atoms. The van der Waals surface area contributed by atoms with Gasteiger partial charge in [-0.1, -0.05) is 31.6 Å². The maximum Gasteiger partial charge on any atom is 0.338 e. The first-order valence-electron chi connectivity index (χ1n) is 9.00. The van der Waals surface area contributed by atoms with E-state index in [1.165, 1.54) is 21.9 Å². The van der Waals surface area contributed by atoms with Gasteiger partial charge in [-0.15, -0.1) is 0 Å². The van der Waals surface area contributed by atoms with Crippen LogP contribution in [0.4, 0.5) is 5.69 Å². The molecule has 3 aromatic rings. The van der Waals surface area contributed by atoms with E-state index in [0.29, 0.717) is 29.4 Å². The summed E-state index contributed by atoms with van der Waals surface area (Å²) in [5.74, 6) is -0.313. The lowest BCUT2D eigenvalue weighted by Gasteiger charge is -2.07. The van der Waals surface area contributed by atoms with Gasteiger partial charge in [0.2, 0.25) is 4.96 Å². The molecule has 0 spiro atoms. The number of carbonyl (C=O) groups excluding carboxylic acids is 1. The number of unbranched alkanes of at least 4 members (excludes halogenated alkanes) is 1. The zero-order valence-corrected chi connectivity index (χ0v) is 16.2. The summed E-state index contributed by atoms with van der Waals surface area (Å²) in [4.78, 5) is 29.1. The molecule has 7 nitrogen and oxygen atoms in total. The Labute approximate surface area is 161 Å². The minimum atomic E-state index is -0.313. The number of hydrogen-bond acceptors (Lipinski definition) is 7. The van der Waals surface area contributed by atoms with Crippen LogP contribution >= 0.6 is 11.3 Å². The van der Waals surface area contributed by atoms with Crippen molar-refractivity contribution in [3.63, 3.8) is 0 Å². The first kappa shape index (κ1) is 19.0. The molecular weight excluding hydrogens is 364 g/mol. The third kappa shape index (κ3) is 4.71. The molecule has 0 radical (unpaired) electrons. The second-order valence-electron chi connectivity index (χ2n) is 6.05. The van der Waals surface area contributed by atoms with Crippen LogP contribution < -0.4 is 10.9 Å². The number of carbonyl (C=O) groups is 1. The van der Waals surface area contributed by atoms with E-state index in [0.717, 1.165) is 30.0 Å². The van der Waals surface area contributed by atoms with E-state index in [4.69, 9.17) is 4.74 Å². The smallest absolute Gasteiger partial charge is 0.338 e. The molecule has 0 saturated carbocycles. The van der Waals surface area contributed by atoms with Crippen molar-refractivity contribution in [2.75, 3.05) is 11.9 Å². The van der Waals surface area contributed by atoms with Crippen molar-refractivity contribution in [1.29, 1.82) is 0 Å². The van der Waals surface area contributed by atoms with E-state index < -0.39 is 0 Å². The van der Waals surface area contributed by atoms with Crippen molar-refractivity contribution in [2.24, 2.45) is 0 Å². The van der Waals surface area contributed by atoms with Crippen LogP contribution in [0.3, 0.4) is 0 Å². The molecule has 0 amide bonds. The minimum Gasteiger partial charge on any atom is -0.462 e. The van der Waals surface area contributed by atoms with Crippen molar-refractivity contribution in [3.05, 3.63) is 57.0 Å². The molecule has 0 bridgehead atoms. The summed E-state index contributed by atoms with van der Waals surface area (Å²) >= 11 is 1.42. The van der Waals surface area contributed by atoms with Gasteiger partial charge in [0.05, 0.1) is 24.4 Å². The molecule has 142 valence electrons. The SMILES string of the molecule is CCCCOC(=O)c1ccc(NCc2cc(=O)n3nc(CC)sc3n2)cc1. The Hall–Kier alpha value is -2.74. The highest BCUT2D eigenvalue weighted by Gasteiger charge is 2.09. The first-order chi connectivity index (χ1) is 13.1. The molecule has 0 atom stereocenters. The molecule has 3 rings (SSSR count). The normalized spacial score (nSPS) is 10.9. The van der Waals surface area contributed by atoms with Gasteiger partial charge in [-0.25, -0.2) is 9.78 Å². The van der Waals surface area contributed by atoms with Gasteiger partial charge in [-0.2, -0.15) is 9.61 Å². The van der Waals surface area contributed by atoms with Gasteiger partial charge in [0.25, 0.3) is 5.56 Å². The number of nitrogens with zero attached hydrogens (tertiary/aromatic N) is 3. The second kappa shape index (κ2) is 8.77. The highest BCUT2D eigenvalue weighted by molar-refractivity contribution is 7.16. The fraction of sp³-hybridized carbons (Fsp3) is 0.368. The van der Waals surface area contributed by atoms with Crippen LogP contribution in [-0.4, -0.2) is 27.2 Å². The molecule has 0 aliphatic rings. The predicted octanol–water partition coefficient (Wildman–Crippen LogP) is 3.28. The molecular formula is C19H22N4O3S. The van der Waals surface area contributed by atoms with Gasteiger partial charge < -0.3 is 10.1 Å². The zero-order chi connectivity index (χ0) is 19.2. The second-order valence-corrected chi connectivity index (χ2v) is 7.09. The Morgan fingerprint density at radius 1 is 1.26 bits per heavy atom. The Morgan fingerprint density at radius 2 is 2.04 bits per heavy atom. The average molecular weight is 386 g/mol. The maximum absolute atomic E-state index is 12.2. The van der Waals surface area contributed by atoms with Gasteiger partial charge in [0, 0.05) is 11.8 Å². The van der Waals surface area contributed by atoms with Crippen molar-refractivity contribution < 1.29 is 9.53 Å². The number of benzene rings is 1. The van der Waals surface area contributed by atoms with Crippen LogP contribution in [-0.2, 0) is 17.7 Å². The number of aryl methyl sites for hydroxylation is 1. The molecule has 2 aromatic heterocycles. The van der Waals surface area contributed by atoms with Crippen LogP contribution in [0.2, 0.25) is 0 Å². The van der Waals surface area contributed by atoms with Crippen molar-refractivity contribution in [1.82, 2.24) is 14.6 Å². The minimum absolute atomic E-state index is 0.182. The quantitative estimate of drug-likeness (QED) is 0.472. The summed E-state index contributed by atoms with van der Waals surface area (Å²) in [6.45, 7) is 4.89. The number of hydrogen-bond donors (Lipinski definition) is 1. The fourth-order valence-electron chi connectivity index (χ4n) is 2.44. The lowest BCUT2D eigenvalue weighted by molar-refractivity contribution is 0.0500. The van der Waals surface area contributed by atoms with Crippen LogP contribution in [0.15, 0.2) is 35.1 Å². The highest BCUT2D eigenvalue weighted by Crippen LogP contribution is 2.14. The Balaban J connectivity index is 1.64. The standard InChI is InChI=1S/C19H22N4O3S/c1-3-5-10-26-18(25)13-6-8-14(9-7-13)20-12-15-11-17(24)23-19(21-15)27-16(4-2)22-23/h6-9,11,20H,3-5,10,12H2,1-2H3. The van der Waals surface area contributed by atoms with Crippen molar-refractivity contribution >= 4 is 28.0 Å². The lowest BCUT2D eigenvalue weighted by atomic mass is 10.2. The Morgan fingerprint density at radius 3 is 2.74 bits per heavy atom. The molecule has 0 fully saturated rings. The van der Waals surface area contributed by atoms with Crippen LogP contribution in [0, 0.1) is 0 Å². The van der Waals surface area contributed by atoms with Gasteiger partial charge in [-0.05, 0) is 37.1 Å². The number of esters is 1. The van der Waals surface area contributed by atoms with Gasteiger partial charge >= 0.3 is 5.97 Å². The predicted molar refractivity (Wildman–Crippen MR) is 105 cm³/mol. The molecule has 0 aliphatic heterocycles. The summed E-state index contributed by atoms with van der Waals surface area (Å²) in [7, 11) is 0. The molecule has 2 heterocycles. The molecule has 0 saturated heterocycles. The maximum atomic E-state index is 12.2. The van der Waals surface area contributed by atoms with E-state index in [9.17, 15) is 9.59 Å². The fourth-order valence-corrected chi connectivity index (χ4v) is 3.30. The van der Waals surface area contributed by atoms with Crippen molar-refractivity contribution in [3.8, 4) is 0 Å². The summed E-state index contributed by atoms with van der Waals surface area (Å²) in [6, 6.07) is 8.55. The number of rotatable bonds is 8. The summed E-state index contributed by atoms with van der Waals surface area (Å²) in [6.07, 6.45) is 2.62. The van der Waals surface area contributed by atoms with Crippen LogP contribution in [0.1, 0.15) is 47.7 Å². The largest absolute Gasteiger partial charge is 0.462 e. The molecule has 1 N–H and O–H groups in total. The Kier molecular flexibility index (Phi) is 6.18. The van der Waals surface area contributed by atoms with Crippen LogP contribution in [0.25, 0.3) is 4.96 Å². The van der Waals surface area contributed by atoms with E-state index >= 15 is 0 Å². The zero-order valence-electron chi connectivity index (χ0n) is 15.4. The average Bonchev–Trinajstić information content (AvgIpc) is 3.11. The molecule has 0 aliphatic carbocycles. The summed E-state index contributed by atoms with van der Waals surface area (Å²) in [5, 5.41) is 8.33. The number of ether oxygens (including phenoxy) is 1. The van der Waals surface area contributed by atoms with Gasteiger partial charge in [0.15, 0.2) is 0 Å². The van der Waals surface area contributed by atoms with E-state index in [2.05, 4.69) is 15.4 Å². The van der Waals surface area contributed by atoms with Crippen LogP contribution in [0.5, 0.6) is 0 Å². The number of aromatic nitrogens is 3. The lowest BCUT2D eigenvalue weighted by Crippen LogP contribution is -2.16. The third-order valence-corrected chi connectivity index (χ3v) is 5.02. The number of nitrogens with one attached hydrogen (secondary N) is 1. The third-order valence-electron chi connectivity index (χ3n) is 3.97. The summed E-state index contributed by atoms with van der Waals surface area (Å²) < 4.78 is 6.53. The highest BCUT2D eigenvalue weighted by atomic mass is 32.1. The van der Waals surface area contributed by atoms with Gasteiger partial charge in [0.1, 0.15) is 5.01 Å². The summed E-state index contributed by atoms with van der Waals surface area (Å²) in [5.41, 5.74) is 1.82. The molecule has 1 aromatic carbocycles. The van der Waals surface area contributed by atoms with Gasteiger partial charge in [-0.3, -0.25) is 4.79 Å². The molecule has 8 heteroatoms. The Bertz CT molecular complexity index is 979. The van der Waals surface area contributed by atoms with E-state index in [1.54, 1.807) is 12.1 Å².